The summed E-state index contributed by atoms with van der Waals surface area (Å²) in [7, 11) is 0. The van der Waals surface area contributed by atoms with E-state index in [2.05, 4.69) is 10.5 Å². The van der Waals surface area contributed by atoms with Crippen LogP contribution in [0, 0.1) is 0 Å². The quantitative estimate of drug-likeness (QED) is 0.587. The van der Waals surface area contributed by atoms with Gasteiger partial charge in [0.15, 0.2) is 11.5 Å². The number of fused-ring (bicyclic) bond motifs is 1. The number of phenolic OH excluding ortho intramolecular Hbond substituents is 2. The molecule has 1 atom stereocenters. The van der Waals surface area contributed by atoms with E-state index in [1.807, 2.05) is 6.07 Å². The lowest BCUT2D eigenvalue weighted by Crippen LogP contribution is -2.42. The number of para-hydroxylation sites is 2. The number of rotatable bonds is 3. The Morgan fingerprint density at radius 3 is 2.78 bits per heavy atom. The Morgan fingerprint density at radius 2 is 2.00 bits per heavy atom. The Kier molecular flexibility index (Phi) is 4.01. The van der Waals surface area contributed by atoms with Gasteiger partial charge in [0, 0.05) is 11.6 Å². The molecule has 1 aliphatic heterocycles. The van der Waals surface area contributed by atoms with Gasteiger partial charge in [0.2, 0.25) is 6.10 Å². The lowest BCUT2D eigenvalue weighted by atomic mass is 10.2. The summed E-state index contributed by atoms with van der Waals surface area (Å²) in [5.41, 5.74) is 2.68. The van der Waals surface area contributed by atoms with Gasteiger partial charge in [-0.05, 0) is 24.3 Å². The first-order chi connectivity index (χ1) is 11.1. The first kappa shape index (κ1) is 14.7. The van der Waals surface area contributed by atoms with E-state index in [4.69, 9.17) is 9.47 Å². The molecule has 0 aliphatic carbocycles. The molecule has 0 spiro atoms. The molecule has 0 fully saturated rings. The van der Waals surface area contributed by atoms with Crippen LogP contribution in [0.5, 0.6) is 23.0 Å². The number of aromatic hydroxyl groups is 2. The van der Waals surface area contributed by atoms with E-state index in [0.29, 0.717) is 17.1 Å². The minimum atomic E-state index is -0.810. The molecule has 118 valence electrons. The average molecular weight is 314 g/mol. The fraction of sp³-hybridized carbons (Fsp3) is 0.125. The van der Waals surface area contributed by atoms with Gasteiger partial charge in [-0.15, -0.1) is 0 Å². The van der Waals surface area contributed by atoms with Crippen LogP contribution in [0.3, 0.4) is 0 Å². The van der Waals surface area contributed by atoms with E-state index in [0.717, 1.165) is 0 Å². The van der Waals surface area contributed by atoms with Crippen LogP contribution in [0.1, 0.15) is 5.56 Å². The van der Waals surface area contributed by atoms with Gasteiger partial charge in [0.1, 0.15) is 18.1 Å². The van der Waals surface area contributed by atoms with Crippen LogP contribution in [-0.4, -0.2) is 35.0 Å². The summed E-state index contributed by atoms with van der Waals surface area (Å²) in [4.78, 5) is 12.0. The molecule has 0 radical (unpaired) electrons. The van der Waals surface area contributed by atoms with Crippen molar-refractivity contribution in [1.29, 1.82) is 0 Å². The Morgan fingerprint density at radius 1 is 1.22 bits per heavy atom. The Labute approximate surface area is 131 Å². The topological polar surface area (TPSA) is 100 Å². The highest BCUT2D eigenvalue weighted by molar-refractivity contribution is 5.86. The third kappa shape index (κ3) is 3.34. The molecule has 2 aromatic rings. The van der Waals surface area contributed by atoms with Gasteiger partial charge in [-0.3, -0.25) is 4.79 Å². The number of hydrogen-bond acceptors (Lipinski definition) is 6. The number of carbonyl (C=O) groups is 1. The molecular weight excluding hydrogens is 300 g/mol. The van der Waals surface area contributed by atoms with Crippen LogP contribution in [0.2, 0.25) is 0 Å². The summed E-state index contributed by atoms with van der Waals surface area (Å²) >= 11 is 0. The second kappa shape index (κ2) is 6.27. The third-order valence-corrected chi connectivity index (χ3v) is 3.19. The smallest absolute Gasteiger partial charge is 0.284 e. The first-order valence-electron chi connectivity index (χ1n) is 6.87. The van der Waals surface area contributed by atoms with Gasteiger partial charge in [0.25, 0.3) is 5.91 Å². The zero-order valence-electron chi connectivity index (χ0n) is 12.0. The van der Waals surface area contributed by atoms with Crippen molar-refractivity contribution in [1.82, 2.24) is 5.43 Å². The SMILES string of the molecule is O=C(NN=Cc1ccc(O)cc1O)C1COc2ccccc2O1. The van der Waals surface area contributed by atoms with Crippen LogP contribution in [-0.2, 0) is 4.79 Å². The fourth-order valence-electron chi connectivity index (χ4n) is 2.03. The van der Waals surface area contributed by atoms with E-state index in [-0.39, 0.29) is 18.1 Å². The first-order valence-corrected chi connectivity index (χ1v) is 6.87. The van der Waals surface area contributed by atoms with Gasteiger partial charge in [-0.2, -0.15) is 5.10 Å². The predicted molar refractivity (Wildman–Crippen MR) is 81.9 cm³/mol. The third-order valence-electron chi connectivity index (χ3n) is 3.19. The molecule has 7 nitrogen and oxygen atoms in total. The van der Waals surface area contributed by atoms with Crippen LogP contribution < -0.4 is 14.9 Å². The molecule has 2 aromatic carbocycles. The summed E-state index contributed by atoms with van der Waals surface area (Å²) in [6.45, 7) is 0.0861. The highest BCUT2D eigenvalue weighted by Gasteiger charge is 2.26. The van der Waals surface area contributed by atoms with Crippen molar-refractivity contribution in [3.8, 4) is 23.0 Å². The van der Waals surface area contributed by atoms with E-state index in [1.54, 1.807) is 18.2 Å². The maximum absolute atomic E-state index is 12.0. The van der Waals surface area contributed by atoms with Crippen molar-refractivity contribution in [2.24, 2.45) is 5.10 Å². The Bertz CT molecular complexity index is 760. The van der Waals surface area contributed by atoms with Crippen LogP contribution in [0.25, 0.3) is 0 Å². The number of nitrogens with one attached hydrogen (secondary N) is 1. The minimum absolute atomic E-state index is 0.0601. The van der Waals surface area contributed by atoms with Crippen LogP contribution in [0.15, 0.2) is 47.6 Å². The molecule has 0 aromatic heterocycles. The zero-order valence-corrected chi connectivity index (χ0v) is 12.0. The molecule has 23 heavy (non-hydrogen) atoms. The maximum atomic E-state index is 12.0. The van der Waals surface area contributed by atoms with Crippen molar-refractivity contribution < 1.29 is 24.5 Å². The lowest BCUT2D eigenvalue weighted by Gasteiger charge is -2.24. The monoisotopic (exact) mass is 314 g/mol. The summed E-state index contributed by atoms with van der Waals surface area (Å²) in [6.07, 6.45) is 0.458. The van der Waals surface area contributed by atoms with Crippen molar-refractivity contribution >= 4 is 12.1 Å². The molecule has 3 N–H and O–H groups in total. The standard InChI is InChI=1S/C16H14N2O5/c19-11-6-5-10(12(20)7-11)8-17-18-16(21)15-9-22-13-3-1-2-4-14(13)23-15/h1-8,15,19-20H,9H2,(H,18,21). The molecule has 1 heterocycles. The van der Waals surface area contributed by atoms with Crippen molar-refractivity contribution in [3.63, 3.8) is 0 Å². The Balaban J connectivity index is 1.61. The molecular formula is C16H14N2O5. The average Bonchev–Trinajstić information content (AvgIpc) is 2.56. The van der Waals surface area contributed by atoms with Crippen molar-refractivity contribution in [2.75, 3.05) is 6.61 Å². The van der Waals surface area contributed by atoms with E-state index in [1.165, 1.54) is 24.4 Å². The molecule has 1 unspecified atom stereocenters. The second-order valence-corrected chi connectivity index (χ2v) is 4.84. The number of carbonyl (C=O) groups excluding carboxylic acids is 1. The molecule has 7 heteroatoms. The normalized spacial score (nSPS) is 16.3. The van der Waals surface area contributed by atoms with Crippen LogP contribution >= 0.6 is 0 Å². The largest absolute Gasteiger partial charge is 0.508 e. The number of hydrogen-bond donors (Lipinski definition) is 3. The van der Waals surface area contributed by atoms with E-state index in [9.17, 15) is 15.0 Å². The highest BCUT2D eigenvalue weighted by Crippen LogP contribution is 2.30. The van der Waals surface area contributed by atoms with Crippen molar-refractivity contribution in [2.45, 2.75) is 6.10 Å². The number of nitrogens with zero attached hydrogens (tertiary/aromatic N) is 1. The number of hydrazone groups is 1. The predicted octanol–water partition coefficient (Wildman–Crippen LogP) is 1.39. The highest BCUT2D eigenvalue weighted by atomic mass is 16.6. The molecule has 1 amide bonds. The summed E-state index contributed by atoms with van der Waals surface area (Å²) in [5.74, 6) is 0.423. The van der Waals surface area contributed by atoms with Crippen LogP contribution in [0.4, 0.5) is 0 Å². The number of benzene rings is 2. The van der Waals surface area contributed by atoms with E-state index < -0.39 is 12.0 Å². The summed E-state index contributed by atoms with van der Waals surface area (Å²) < 4.78 is 11.0. The summed E-state index contributed by atoms with van der Waals surface area (Å²) in [5, 5.41) is 22.6. The number of amides is 1. The van der Waals surface area contributed by atoms with Gasteiger partial charge < -0.3 is 19.7 Å². The summed E-state index contributed by atoms with van der Waals surface area (Å²) in [6, 6.07) is 11.1. The number of ether oxygens (including phenoxy) is 2. The molecule has 1 aliphatic rings. The van der Waals surface area contributed by atoms with Gasteiger partial charge >= 0.3 is 0 Å². The van der Waals surface area contributed by atoms with Crippen molar-refractivity contribution in [3.05, 3.63) is 48.0 Å². The van der Waals surface area contributed by atoms with Gasteiger partial charge in [-0.1, -0.05) is 12.1 Å². The fourth-order valence-corrected chi connectivity index (χ4v) is 2.03. The number of phenols is 2. The van der Waals surface area contributed by atoms with E-state index >= 15 is 0 Å². The Hall–Kier alpha value is -3.22. The lowest BCUT2D eigenvalue weighted by molar-refractivity contribution is -0.130. The van der Waals surface area contributed by atoms with Gasteiger partial charge in [0.05, 0.1) is 6.21 Å². The molecule has 0 saturated carbocycles. The maximum Gasteiger partial charge on any atom is 0.284 e. The van der Waals surface area contributed by atoms with Gasteiger partial charge in [-0.25, -0.2) is 5.43 Å². The minimum Gasteiger partial charge on any atom is -0.508 e. The molecule has 0 saturated heterocycles. The second-order valence-electron chi connectivity index (χ2n) is 4.84. The zero-order chi connectivity index (χ0) is 16.2. The molecule has 3 rings (SSSR count). The molecule has 0 bridgehead atoms.